The number of allylic oxidation sites excluding steroid dienone is 3. The Labute approximate surface area is 153 Å². The Bertz CT molecular complexity index is 1020. The van der Waals surface area contributed by atoms with Crippen molar-refractivity contribution in [3.8, 4) is 11.3 Å². The SMILES string of the molecule is C=Cc1cccc(-c2cnc3[nH]c(C(/C=C\C)=N/C(=C)CC)cc3c2)n1. The lowest BCUT2D eigenvalue weighted by Crippen LogP contribution is -1.97. The summed E-state index contributed by atoms with van der Waals surface area (Å²) in [4.78, 5) is 17.1. The highest BCUT2D eigenvalue weighted by Gasteiger charge is 2.09. The third-order valence-corrected chi connectivity index (χ3v) is 4.03. The normalized spacial score (nSPS) is 12.0. The van der Waals surface area contributed by atoms with Crippen molar-refractivity contribution in [1.82, 2.24) is 15.0 Å². The van der Waals surface area contributed by atoms with E-state index in [0.717, 1.165) is 51.5 Å². The minimum atomic E-state index is 0.814. The van der Waals surface area contributed by atoms with E-state index in [1.807, 2.05) is 50.4 Å². The molecule has 0 fully saturated rings. The molecule has 0 aliphatic rings. The Morgan fingerprint density at radius 2 is 2.15 bits per heavy atom. The highest BCUT2D eigenvalue weighted by Crippen LogP contribution is 2.23. The number of hydrogen-bond donors (Lipinski definition) is 1. The lowest BCUT2D eigenvalue weighted by Gasteiger charge is -2.01. The van der Waals surface area contributed by atoms with Crippen molar-refractivity contribution in [2.75, 3.05) is 0 Å². The molecule has 3 heterocycles. The van der Waals surface area contributed by atoms with Crippen molar-refractivity contribution in [3.63, 3.8) is 0 Å². The number of nitrogens with zero attached hydrogens (tertiary/aromatic N) is 3. The van der Waals surface area contributed by atoms with Crippen LogP contribution in [0.4, 0.5) is 0 Å². The number of pyridine rings is 2. The van der Waals surface area contributed by atoms with Gasteiger partial charge in [0.1, 0.15) is 5.65 Å². The molecule has 0 unspecified atom stereocenters. The Morgan fingerprint density at radius 3 is 2.88 bits per heavy atom. The van der Waals surface area contributed by atoms with Crippen LogP contribution >= 0.6 is 0 Å². The van der Waals surface area contributed by atoms with Crippen molar-refractivity contribution in [2.24, 2.45) is 4.99 Å². The van der Waals surface area contributed by atoms with E-state index in [4.69, 9.17) is 0 Å². The predicted octanol–water partition coefficient (Wildman–Crippen LogP) is 5.56. The number of aromatic nitrogens is 3. The number of aromatic amines is 1. The van der Waals surface area contributed by atoms with Crippen LogP contribution < -0.4 is 0 Å². The second kappa shape index (κ2) is 7.74. The molecule has 4 heteroatoms. The quantitative estimate of drug-likeness (QED) is 0.596. The standard InChI is InChI=1S/C22H22N4/c1-5-9-20(24-15(4)6-2)21-13-16-12-17(14-23-22(16)26-21)19-11-8-10-18(7-3)25-19/h5,7-14H,3-4,6H2,1-2H3,(H,23,26)/b9-5-,24-20+. The van der Waals surface area contributed by atoms with Gasteiger partial charge in [-0.15, -0.1) is 0 Å². The molecule has 3 aromatic heterocycles. The van der Waals surface area contributed by atoms with E-state index in [-0.39, 0.29) is 0 Å². The van der Waals surface area contributed by atoms with Crippen molar-refractivity contribution in [2.45, 2.75) is 20.3 Å². The molecule has 4 nitrogen and oxygen atoms in total. The van der Waals surface area contributed by atoms with Gasteiger partial charge in [0, 0.05) is 22.8 Å². The maximum absolute atomic E-state index is 4.61. The summed E-state index contributed by atoms with van der Waals surface area (Å²) in [5, 5.41) is 1.02. The number of hydrogen-bond acceptors (Lipinski definition) is 3. The van der Waals surface area contributed by atoms with Crippen molar-refractivity contribution >= 4 is 22.8 Å². The summed E-state index contributed by atoms with van der Waals surface area (Å²) < 4.78 is 0. The Kier molecular flexibility index (Phi) is 5.23. The van der Waals surface area contributed by atoms with Crippen LogP contribution in [0.2, 0.25) is 0 Å². The first-order valence-corrected chi connectivity index (χ1v) is 8.62. The average molecular weight is 342 g/mol. The van der Waals surface area contributed by atoms with Gasteiger partial charge in [-0.2, -0.15) is 0 Å². The van der Waals surface area contributed by atoms with Gasteiger partial charge in [-0.1, -0.05) is 32.2 Å². The fourth-order valence-corrected chi connectivity index (χ4v) is 2.61. The van der Waals surface area contributed by atoms with Gasteiger partial charge >= 0.3 is 0 Å². The first kappa shape index (κ1) is 17.5. The Balaban J connectivity index is 2.05. The minimum Gasteiger partial charge on any atom is -0.338 e. The summed E-state index contributed by atoms with van der Waals surface area (Å²) in [5.41, 5.74) is 6.13. The molecule has 26 heavy (non-hydrogen) atoms. The van der Waals surface area contributed by atoms with E-state index >= 15 is 0 Å². The van der Waals surface area contributed by atoms with Gasteiger partial charge in [-0.05, 0) is 49.8 Å². The molecule has 0 saturated carbocycles. The zero-order valence-corrected chi connectivity index (χ0v) is 15.2. The summed E-state index contributed by atoms with van der Waals surface area (Å²) >= 11 is 0. The summed E-state index contributed by atoms with van der Waals surface area (Å²) in [5.74, 6) is 0. The predicted molar refractivity (Wildman–Crippen MR) is 110 cm³/mol. The molecule has 0 aliphatic heterocycles. The fraction of sp³-hybridized carbons (Fsp3) is 0.136. The lowest BCUT2D eigenvalue weighted by atomic mass is 10.1. The zero-order chi connectivity index (χ0) is 18.5. The summed E-state index contributed by atoms with van der Waals surface area (Å²) in [7, 11) is 0. The summed E-state index contributed by atoms with van der Waals surface area (Å²) in [6.07, 6.45) is 8.33. The van der Waals surface area contributed by atoms with Gasteiger partial charge in [-0.25, -0.2) is 9.97 Å². The van der Waals surface area contributed by atoms with Gasteiger partial charge in [0.05, 0.1) is 22.8 Å². The molecule has 0 aliphatic carbocycles. The summed E-state index contributed by atoms with van der Waals surface area (Å²) in [6, 6.07) is 10.0. The molecule has 0 saturated heterocycles. The van der Waals surface area contributed by atoms with Crippen LogP contribution in [-0.4, -0.2) is 20.7 Å². The first-order valence-electron chi connectivity index (χ1n) is 8.62. The van der Waals surface area contributed by atoms with E-state index in [1.165, 1.54) is 0 Å². The molecule has 0 amide bonds. The molecule has 0 atom stereocenters. The number of H-pyrrole nitrogens is 1. The third-order valence-electron chi connectivity index (χ3n) is 4.03. The van der Waals surface area contributed by atoms with Gasteiger partial charge in [0.15, 0.2) is 0 Å². The number of rotatable bonds is 6. The molecule has 1 N–H and O–H groups in total. The molecule has 0 radical (unpaired) electrons. The molecule has 0 bridgehead atoms. The zero-order valence-electron chi connectivity index (χ0n) is 15.2. The maximum Gasteiger partial charge on any atom is 0.137 e. The molecular weight excluding hydrogens is 320 g/mol. The Hall–Kier alpha value is -3.27. The van der Waals surface area contributed by atoms with Crippen molar-refractivity contribution in [1.29, 1.82) is 0 Å². The van der Waals surface area contributed by atoms with Gasteiger partial charge in [-0.3, -0.25) is 4.99 Å². The third kappa shape index (κ3) is 3.70. The second-order valence-corrected chi connectivity index (χ2v) is 5.91. The highest BCUT2D eigenvalue weighted by molar-refractivity contribution is 6.10. The van der Waals surface area contributed by atoms with E-state index < -0.39 is 0 Å². The van der Waals surface area contributed by atoms with Crippen LogP contribution in [0.1, 0.15) is 31.7 Å². The average Bonchev–Trinajstić information content (AvgIpc) is 3.10. The topological polar surface area (TPSA) is 53.9 Å². The smallest absolute Gasteiger partial charge is 0.137 e. The molecule has 3 rings (SSSR count). The van der Waals surface area contributed by atoms with Crippen LogP contribution in [0, 0.1) is 0 Å². The van der Waals surface area contributed by atoms with Crippen LogP contribution in [0.15, 0.2) is 72.5 Å². The van der Waals surface area contributed by atoms with Crippen molar-refractivity contribution in [3.05, 3.63) is 78.9 Å². The highest BCUT2D eigenvalue weighted by atomic mass is 14.9. The molecule has 0 spiro atoms. The van der Waals surface area contributed by atoms with E-state index in [9.17, 15) is 0 Å². The molecule has 3 aromatic rings. The monoisotopic (exact) mass is 342 g/mol. The van der Waals surface area contributed by atoms with Crippen molar-refractivity contribution < 1.29 is 0 Å². The number of fused-ring (bicyclic) bond motifs is 1. The van der Waals surface area contributed by atoms with Crippen LogP contribution in [0.25, 0.3) is 28.4 Å². The lowest BCUT2D eigenvalue weighted by molar-refractivity contribution is 1.08. The minimum absolute atomic E-state index is 0.814. The second-order valence-electron chi connectivity index (χ2n) is 5.91. The van der Waals surface area contributed by atoms with Gasteiger partial charge in [0.2, 0.25) is 0 Å². The summed E-state index contributed by atoms with van der Waals surface area (Å²) in [6.45, 7) is 11.8. The van der Waals surface area contributed by atoms with Crippen LogP contribution in [-0.2, 0) is 0 Å². The van der Waals surface area contributed by atoms with Crippen LogP contribution in [0.3, 0.4) is 0 Å². The fourth-order valence-electron chi connectivity index (χ4n) is 2.61. The van der Waals surface area contributed by atoms with Gasteiger partial charge in [0.25, 0.3) is 0 Å². The van der Waals surface area contributed by atoms with E-state index in [0.29, 0.717) is 0 Å². The number of aliphatic imine (C=N–C) groups is 1. The molecule has 0 aromatic carbocycles. The maximum atomic E-state index is 4.61. The van der Waals surface area contributed by atoms with Crippen LogP contribution in [0.5, 0.6) is 0 Å². The largest absolute Gasteiger partial charge is 0.338 e. The van der Waals surface area contributed by atoms with Gasteiger partial charge < -0.3 is 4.98 Å². The van der Waals surface area contributed by atoms with E-state index in [1.54, 1.807) is 6.08 Å². The molecular formula is C22H22N4. The first-order chi connectivity index (χ1) is 12.6. The Morgan fingerprint density at radius 1 is 1.31 bits per heavy atom. The number of nitrogens with one attached hydrogen (secondary N) is 1. The van der Waals surface area contributed by atoms with E-state index in [2.05, 4.69) is 45.2 Å². The molecule has 130 valence electrons.